The molecule has 1 fully saturated rings. The van der Waals surface area contributed by atoms with Crippen molar-refractivity contribution in [3.8, 4) is 21.8 Å². The third-order valence-corrected chi connectivity index (χ3v) is 6.72. The average molecular weight is 505 g/mol. The van der Waals surface area contributed by atoms with E-state index in [9.17, 15) is 14.7 Å². The first-order valence-electron chi connectivity index (χ1n) is 10.5. The van der Waals surface area contributed by atoms with Crippen LogP contribution >= 0.6 is 22.9 Å². The van der Waals surface area contributed by atoms with Gasteiger partial charge in [-0.3, -0.25) is 4.79 Å². The molecule has 0 spiro atoms. The summed E-state index contributed by atoms with van der Waals surface area (Å²) in [6.07, 6.45) is 0.542. The van der Waals surface area contributed by atoms with Gasteiger partial charge >= 0.3 is 6.09 Å². The van der Waals surface area contributed by atoms with E-state index in [1.54, 1.807) is 18.2 Å². The number of thiazole rings is 1. The summed E-state index contributed by atoms with van der Waals surface area (Å²) in [5.41, 5.74) is 1.07. The molecule has 4 rings (SSSR count). The molecule has 0 saturated carbocycles. The summed E-state index contributed by atoms with van der Waals surface area (Å²) in [7, 11) is 0. The van der Waals surface area contributed by atoms with E-state index < -0.39 is 17.8 Å². The molecule has 2 atom stereocenters. The Labute approximate surface area is 204 Å². The standard InChI is InChI=1S/C22H22ClFN6O3S/c1-11-9-29(22(32)33)10-12(2)30(11)21-28-18(19(34-21)16-7-8-25-20(23)27-16)14-5-4-6-15(17(14)24)26-13(3)31/h4-8,11-12H,9-10H2,1-3H3,(H,26,31)(H,32,33)/t11-,12-/m0/s1. The van der Waals surface area contributed by atoms with Crippen LogP contribution in [-0.2, 0) is 4.79 Å². The Kier molecular flexibility index (Phi) is 6.67. The smallest absolute Gasteiger partial charge is 0.407 e. The summed E-state index contributed by atoms with van der Waals surface area (Å²) in [5.74, 6) is -1.01. The van der Waals surface area contributed by atoms with Crippen molar-refractivity contribution in [2.75, 3.05) is 23.3 Å². The average Bonchev–Trinajstić information content (AvgIpc) is 3.19. The lowest BCUT2D eigenvalue weighted by Gasteiger charge is -2.43. The van der Waals surface area contributed by atoms with E-state index >= 15 is 4.39 Å². The Balaban J connectivity index is 1.84. The van der Waals surface area contributed by atoms with Gasteiger partial charge < -0.3 is 20.2 Å². The van der Waals surface area contributed by atoms with E-state index in [2.05, 4.69) is 15.3 Å². The van der Waals surface area contributed by atoms with Crippen LogP contribution < -0.4 is 10.2 Å². The number of carboxylic acid groups (broad SMARTS) is 1. The van der Waals surface area contributed by atoms with Crippen LogP contribution in [0.2, 0.25) is 5.28 Å². The summed E-state index contributed by atoms with van der Waals surface area (Å²) < 4.78 is 15.4. The molecule has 1 aromatic carbocycles. The maximum atomic E-state index is 15.4. The highest BCUT2D eigenvalue weighted by molar-refractivity contribution is 7.19. The zero-order valence-electron chi connectivity index (χ0n) is 18.6. The zero-order valence-corrected chi connectivity index (χ0v) is 20.2. The highest BCUT2D eigenvalue weighted by atomic mass is 35.5. The lowest BCUT2D eigenvalue weighted by Crippen LogP contribution is -2.58. The second-order valence-electron chi connectivity index (χ2n) is 8.03. The van der Waals surface area contributed by atoms with E-state index in [0.29, 0.717) is 34.5 Å². The van der Waals surface area contributed by atoms with Gasteiger partial charge in [-0.25, -0.2) is 24.1 Å². The third-order valence-electron chi connectivity index (χ3n) is 5.45. The summed E-state index contributed by atoms with van der Waals surface area (Å²) in [6, 6.07) is 6.05. The lowest BCUT2D eigenvalue weighted by atomic mass is 10.1. The minimum Gasteiger partial charge on any atom is -0.465 e. The van der Waals surface area contributed by atoms with Crippen LogP contribution in [0.4, 0.5) is 20.0 Å². The number of amides is 2. The molecular formula is C22H22ClFN6O3S. The molecule has 1 aliphatic heterocycles. The number of hydrogen-bond donors (Lipinski definition) is 2. The second-order valence-corrected chi connectivity index (χ2v) is 9.34. The monoisotopic (exact) mass is 504 g/mol. The SMILES string of the molecule is CC(=O)Nc1cccc(-c2nc(N3[C@@H](C)CN(C(=O)O)C[C@@H]3C)sc2-c2ccnc(Cl)n2)c1F. The van der Waals surface area contributed by atoms with E-state index in [4.69, 9.17) is 16.6 Å². The number of benzene rings is 1. The third kappa shape index (κ3) is 4.66. The number of piperazine rings is 1. The summed E-state index contributed by atoms with van der Waals surface area (Å²) >= 11 is 7.34. The fraction of sp³-hybridized carbons (Fsp3) is 0.318. The van der Waals surface area contributed by atoms with Crippen LogP contribution in [0.5, 0.6) is 0 Å². The van der Waals surface area contributed by atoms with Crippen LogP contribution in [0.1, 0.15) is 20.8 Å². The first-order valence-corrected chi connectivity index (χ1v) is 11.7. The number of halogens is 2. The minimum absolute atomic E-state index is 0.0441. The normalized spacial score (nSPS) is 18.1. The molecule has 178 valence electrons. The molecule has 1 saturated heterocycles. The van der Waals surface area contributed by atoms with Gasteiger partial charge in [0, 0.05) is 43.9 Å². The fourth-order valence-corrected chi connectivity index (χ4v) is 5.50. The number of carbonyl (C=O) groups is 2. The van der Waals surface area contributed by atoms with E-state index in [0.717, 1.165) is 0 Å². The predicted molar refractivity (Wildman–Crippen MR) is 129 cm³/mol. The molecule has 2 aromatic heterocycles. The van der Waals surface area contributed by atoms with Gasteiger partial charge in [0.05, 0.1) is 22.0 Å². The van der Waals surface area contributed by atoms with Gasteiger partial charge in [-0.15, -0.1) is 0 Å². The zero-order chi connectivity index (χ0) is 24.6. The number of nitrogens with zero attached hydrogens (tertiary/aromatic N) is 5. The Morgan fingerprint density at radius 2 is 1.91 bits per heavy atom. The summed E-state index contributed by atoms with van der Waals surface area (Å²) in [4.78, 5) is 40.0. The van der Waals surface area contributed by atoms with Crippen LogP contribution in [0.25, 0.3) is 21.8 Å². The number of nitrogens with one attached hydrogen (secondary N) is 1. The molecule has 2 N–H and O–H groups in total. The van der Waals surface area contributed by atoms with Crippen molar-refractivity contribution in [1.82, 2.24) is 19.9 Å². The molecule has 3 aromatic rings. The van der Waals surface area contributed by atoms with Crippen LogP contribution in [-0.4, -0.2) is 62.1 Å². The van der Waals surface area contributed by atoms with E-state index in [1.165, 1.54) is 35.4 Å². The highest BCUT2D eigenvalue weighted by Crippen LogP contribution is 2.43. The maximum Gasteiger partial charge on any atom is 0.407 e. The van der Waals surface area contributed by atoms with Crippen molar-refractivity contribution in [3.63, 3.8) is 0 Å². The minimum atomic E-state index is -0.966. The van der Waals surface area contributed by atoms with Crippen LogP contribution in [0.15, 0.2) is 30.5 Å². The first-order chi connectivity index (χ1) is 16.2. The molecule has 0 aliphatic carbocycles. The van der Waals surface area contributed by atoms with E-state index in [1.807, 2.05) is 18.7 Å². The van der Waals surface area contributed by atoms with Gasteiger partial charge in [0.25, 0.3) is 0 Å². The number of anilines is 2. The van der Waals surface area contributed by atoms with E-state index in [-0.39, 0.29) is 28.6 Å². The van der Waals surface area contributed by atoms with Crippen molar-refractivity contribution < 1.29 is 19.1 Å². The molecule has 1 aliphatic rings. The van der Waals surface area contributed by atoms with Crippen molar-refractivity contribution >= 4 is 45.8 Å². The number of aromatic nitrogens is 3. The van der Waals surface area contributed by atoms with Crippen LogP contribution in [0.3, 0.4) is 0 Å². The molecule has 0 bridgehead atoms. The number of hydrogen-bond acceptors (Lipinski definition) is 7. The molecule has 0 unspecified atom stereocenters. The highest BCUT2D eigenvalue weighted by Gasteiger charge is 2.34. The summed E-state index contributed by atoms with van der Waals surface area (Å²) in [6.45, 7) is 5.78. The molecule has 12 heteroatoms. The lowest BCUT2D eigenvalue weighted by molar-refractivity contribution is -0.114. The largest absolute Gasteiger partial charge is 0.465 e. The van der Waals surface area contributed by atoms with Crippen molar-refractivity contribution in [2.24, 2.45) is 0 Å². The molecule has 0 radical (unpaired) electrons. The number of carbonyl (C=O) groups excluding carboxylic acids is 1. The van der Waals surface area contributed by atoms with Gasteiger partial charge in [0.15, 0.2) is 10.9 Å². The fourth-order valence-electron chi connectivity index (χ4n) is 4.09. The van der Waals surface area contributed by atoms with Crippen LogP contribution in [0, 0.1) is 5.82 Å². The van der Waals surface area contributed by atoms with Gasteiger partial charge in [0.2, 0.25) is 11.2 Å². The molecule has 9 nitrogen and oxygen atoms in total. The maximum absolute atomic E-state index is 15.4. The predicted octanol–water partition coefficient (Wildman–Crippen LogP) is 4.60. The quantitative estimate of drug-likeness (QED) is 0.499. The van der Waals surface area contributed by atoms with Gasteiger partial charge in [-0.05, 0) is 43.6 Å². The second kappa shape index (κ2) is 9.51. The molecular weight excluding hydrogens is 483 g/mol. The Morgan fingerprint density at radius 3 is 2.53 bits per heavy atom. The van der Waals surface area contributed by atoms with Crippen molar-refractivity contribution in [3.05, 3.63) is 41.6 Å². The topological polar surface area (TPSA) is 112 Å². The number of rotatable bonds is 4. The Morgan fingerprint density at radius 1 is 1.21 bits per heavy atom. The molecule has 3 heterocycles. The molecule has 2 amide bonds. The summed E-state index contributed by atoms with van der Waals surface area (Å²) in [5, 5.41) is 12.6. The first kappa shape index (κ1) is 23.8. The van der Waals surface area contributed by atoms with Gasteiger partial charge in [0.1, 0.15) is 0 Å². The van der Waals surface area contributed by atoms with Gasteiger partial charge in [-0.2, -0.15) is 0 Å². The van der Waals surface area contributed by atoms with Crippen molar-refractivity contribution in [1.29, 1.82) is 0 Å². The Hall–Kier alpha value is -3.31. The Bertz CT molecular complexity index is 1240. The van der Waals surface area contributed by atoms with Crippen molar-refractivity contribution in [2.45, 2.75) is 32.9 Å². The molecule has 34 heavy (non-hydrogen) atoms. The van der Waals surface area contributed by atoms with Gasteiger partial charge in [-0.1, -0.05) is 17.4 Å².